The van der Waals surface area contributed by atoms with Crippen LogP contribution in [0.5, 0.6) is 0 Å². The average Bonchev–Trinajstić information content (AvgIpc) is 2.28. The first kappa shape index (κ1) is 12.6. The second-order valence-electron chi connectivity index (χ2n) is 4.83. The number of nitrogen functional groups attached to an aromatic ring is 1. The fourth-order valence-corrected chi connectivity index (χ4v) is 3.75. The Morgan fingerprint density at radius 3 is 2.94 bits per heavy atom. The van der Waals surface area contributed by atoms with E-state index in [1.807, 2.05) is 24.8 Å². The van der Waals surface area contributed by atoms with Gasteiger partial charge in [-0.3, -0.25) is 5.43 Å². The Balaban J connectivity index is 2.04. The van der Waals surface area contributed by atoms with Gasteiger partial charge in [0.25, 0.3) is 0 Å². The lowest BCUT2D eigenvalue weighted by Gasteiger charge is -2.25. The van der Waals surface area contributed by atoms with Gasteiger partial charge in [-0.05, 0) is 31.7 Å². The summed E-state index contributed by atoms with van der Waals surface area (Å²) in [5.74, 6) is 6.71. The van der Waals surface area contributed by atoms with E-state index in [1.165, 1.54) is 25.7 Å². The molecule has 0 spiro atoms. The van der Waals surface area contributed by atoms with Crippen LogP contribution in [0.15, 0.2) is 11.1 Å². The van der Waals surface area contributed by atoms with Gasteiger partial charge in [0.05, 0.1) is 0 Å². The predicted octanol–water partition coefficient (Wildman–Crippen LogP) is 2.74. The van der Waals surface area contributed by atoms with Gasteiger partial charge in [-0.1, -0.05) is 19.8 Å². The molecule has 0 aliphatic heterocycles. The number of thioether (sulfide) groups is 1. The fourth-order valence-electron chi connectivity index (χ4n) is 2.32. The van der Waals surface area contributed by atoms with Gasteiger partial charge in [0.15, 0.2) is 0 Å². The maximum Gasteiger partial charge on any atom is 0.238 e. The van der Waals surface area contributed by atoms with Gasteiger partial charge in [-0.2, -0.15) is 0 Å². The van der Waals surface area contributed by atoms with Crippen LogP contribution in [0.25, 0.3) is 0 Å². The predicted molar refractivity (Wildman–Crippen MR) is 71.9 cm³/mol. The molecule has 0 aromatic carbocycles. The highest BCUT2D eigenvalue weighted by Gasteiger charge is 2.20. The van der Waals surface area contributed by atoms with Gasteiger partial charge in [-0.25, -0.2) is 15.8 Å². The van der Waals surface area contributed by atoms with E-state index in [4.69, 9.17) is 5.84 Å². The molecule has 1 aromatic heterocycles. The van der Waals surface area contributed by atoms with Gasteiger partial charge in [0, 0.05) is 10.9 Å². The quantitative estimate of drug-likeness (QED) is 0.492. The van der Waals surface area contributed by atoms with Gasteiger partial charge >= 0.3 is 0 Å². The summed E-state index contributed by atoms with van der Waals surface area (Å²) in [6, 6.07) is 2.03. The summed E-state index contributed by atoms with van der Waals surface area (Å²) in [6.45, 7) is 4.31. The molecular weight excluding hydrogens is 232 g/mol. The molecule has 5 heteroatoms. The van der Waals surface area contributed by atoms with Crippen LogP contribution < -0.4 is 11.3 Å². The van der Waals surface area contributed by atoms with Crippen LogP contribution in [-0.2, 0) is 0 Å². The number of hydrogen-bond acceptors (Lipinski definition) is 5. The molecular formula is C12H20N4S. The third-order valence-corrected chi connectivity index (χ3v) is 4.35. The third kappa shape index (κ3) is 3.57. The van der Waals surface area contributed by atoms with E-state index >= 15 is 0 Å². The summed E-state index contributed by atoms with van der Waals surface area (Å²) in [6.07, 6.45) is 5.29. The molecule has 1 heterocycles. The maximum atomic E-state index is 5.36. The van der Waals surface area contributed by atoms with Gasteiger partial charge in [0.1, 0.15) is 5.03 Å². The molecule has 94 valence electrons. The van der Waals surface area contributed by atoms with Gasteiger partial charge in [-0.15, -0.1) is 11.8 Å². The number of aromatic nitrogens is 2. The monoisotopic (exact) mass is 252 g/mol. The van der Waals surface area contributed by atoms with E-state index in [1.54, 1.807) is 0 Å². The highest BCUT2D eigenvalue weighted by atomic mass is 32.2. The van der Waals surface area contributed by atoms with E-state index in [-0.39, 0.29) is 0 Å². The van der Waals surface area contributed by atoms with Crippen molar-refractivity contribution in [2.45, 2.75) is 49.8 Å². The summed E-state index contributed by atoms with van der Waals surface area (Å²) in [5, 5.41) is 1.73. The molecule has 1 fully saturated rings. The van der Waals surface area contributed by atoms with E-state index in [2.05, 4.69) is 22.3 Å². The van der Waals surface area contributed by atoms with Crippen molar-refractivity contribution in [3.05, 3.63) is 11.8 Å². The Kier molecular flexibility index (Phi) is 4.23. The minimum absolute atomic E-state index is 0.511. The standard InChI is InChI=1S/C12H20N4S/c1-8-4-3-5-10(6-8)17-11-7-9(2)14-12(15-11)16-13/h7-8,10H,3-6,13H2,1-2H3,(H,14,15,16). The first-order valence-electron chi connectivity index (χ1n) is 6.16. The van der Waals surface area contributed by atoms with Crippen LogP contribution in [0.3, 0.4) is 0 Å². The second-order valence-corrected chi connectivity index (χ2v) is 6.15. The zero-order chi connectivity index (χ0) is 12.3. The summed E-state index contributed by atoms with van der Waals surface area (Å²) in [7, 11) is 0. The Hall–Kier alpha value is -0.810. The number of nitrogens with one attached hydrogen (secondary N) is 1. The molecule has 2 unspecified atom stereocenters. The number of nitrogens with zero attached hydrogens (tertiary/aromatic N) is 2. The fraction of sp³-hybridized carbons (Fsp3) is 0.667. The van der Waals surface area contributed by atoms with Gasteiger partial charge in [0.2, 0.25) is 5.95 Å². The Bertz CT molecular complexity index is 383. The molecule has 17 heavy (non-hydrogen) atoms. The molecule has 2 atom stereocenters. The maximum absolute atomic E-state index is 5.36. The van der Waals surface area contributed by atoms with Crippen molar-refractivity contribution >= 4 is 17.7 Å². The van der Waals surface area contributed by atoms with Gasteiger partial charge < -0.3 is 0 Å². The largest absolute Gasteiger partial charge is 0.292 e. The first-order chi connectivity index (χ1) is 8.17. The summed E-state index contributed by atoms with van der Waals surface area (Å²) in [5.41, 5.74) is 3.48. The number of hydrazine groups is 1. The Morgan fingerprint density at radius 2 is 2.24 bits per heavy atom. The van der Waals surface area contributed by atoms with Crippen molar-refractivity contribution < 1.29 is 0 Å². The van der Waals surface area contributed by atoms with Crippen molar-refractivity contribution in [3.8, 4) is 0 Å². The minimum Gasteiger partial charge on any atom is -0.292 e. The van der Waals surface area contributed by atoms with E-state index in [0.29, 0.717) is 11.2 Å². The lowest BCUT2D eigenvalue weighted by Crippen LogP contribution is -2.16. The van der Waals surface area contributed by atoms with E-state index in [9.17, 15) is 0 Å². The third-order valence-electron chi connectivity index (χ3n) is 3.14. The van der Waals surface area contributed by atoms with Crippen LogP contribution in [0.1, 0.15) is 38.3 Å². The zero-order valence-corrected chi connectivity index (χ0v) is 11.3. The molecule has 0 saturated heterocycles. The lowest BCUT2D eigenvalue weighted by atomic mass is 9.91. The number of rotatable bonds is 3. The average molecular weight is 252 g/mol. The molecule has 1 aliphatic rings. The van der Waals surface area contributed by atoms with Crippen molar-refractivity contribution in [1.82, 2.24) is 9.97 Å². The van der Waals surface area contributed by atoms with E-state index in [0.717, 1.165) is 16.6 Å². The molecule has 4 nitrogen and oxygen atoms in total. The van der Waals surface area contributed by atoms with Crippen molar-refractivity contribution in [3.63, 3.8) is 0 Å². The zero-order valence-electron chi connectivity index (χ0n) is 10.4. The number of hydrogen-bond donors (Lipinski definition) is 2. The molecule has 2 rings (SSSR count). The minimum atomic E-state index is 0.511. The van der Waals surface area contributed by atoms with Crippen molar-refractivity contribution in [1.29, 1.82) is 0 Å². The first-order valence-corrected chi connectivity index (χ1v) is 7.04. The van der Waals surface area contributed by atoms with Crippen LogP contribution in [0.2, 0.25) is 0 Å². The molecule has 1 saturated carbocycles. The van der Waals surface area contributed by atoms with Crippen LogP contribution in [0, 0.1) is 12.8 Å². The highest BCUT2D eigenvalue weighted by Crippen LogP contribution is 2.35. The number of anilines is 1. The second kappa shape index (κ2) is 5.69. The Labute approximate surface area is 107 Å². The van der Waals surface area contributed by atoms with Crippen molar-refractivity contribution in [2.24, 2.45) is 11.8 Å². The molecule has 0 radical (unpaired) electrons. The molecule has 0 amide bonds. The molecule has 3 N–H and O–H groups in total. The van der Waals surface area contributed by atoms with Crippen molar-refractivity contribution in [2.75, 3.05) is 5.43 Å². The molecule has 1 aliphatic carbocycles. The number of aryl methyl sites for hydroxylation is 1. The Morgan fingerprint density at radius 1 is 1.41 bits per heavy atom. The van der Waals surface area contributed by atoms with Crippen LogP contribution in [-0.4, -0.2) is 15.2 Å². The molecule has 0 bridgehead atoms. The smallest absolute Gasteiger partial charge is 0.238 e. The molecule has 1 aromatic rings. The van der Waals surface area contributed by atoms with Crippen LogP contribution in [0.4, 0.5) is 5.95 Å². The number of nitrogens with two attached hydrogens (primary N) is 1. The highest BCUT2D eigenvalue weighted by molar-refractivity contribution is 7.99. The lowest BCUT2D eigenvalue weighted by molar-refractivity contribution is 0.394. The van der Waals surface area contributed by atoms with Crippen LogP contribution >= 0.6 is 11.8 Å². The summed E-state index contributed by atoms with van der Waals surface area (Å²) in [4.78, 5) is 8.59. The SMILES string of the molecule is Cc1cc(SC2CCCC(C)C2)nc(NN)n1. The van der Waals surface area contributed by atoms with E-state index < -0.39 is 0 Å². The normalized spacial score (nSPS) is 24.6. The summed E-state index contributed by atoms with van der Waals surface area (Å²) >= 11 is 1.87. The topological polar surface area (TPSA) is 63.8 Å². The summed E-state index contributed by atoms with van der Waals surface area (Å²) < 4.78 is 0.